The minimum Gasteiger partial charge on any atom is -0.393 e. The number of carbonyl (C=O) groups excluding carboxylic acids is 1. The molecule has 0 amide bonds. The lowest BCUT2D eigenvalue weighted by molar-refractivity contribution is -0.129. The van der Waals surface area contributed by atoms with Gasteiger partial charge in [-0.1, -0.05) is 39.3 Å². The number of aliphatic hydroxyl groups excluding tert-OH is 1. The Labute approximate surface area is 153 Å². The Morgan fingerprint density at radius 2 is 1.92 bits per heavy atom. The maximum atomic E-state index is 12.4. The molecule has 0 spiro atoms. The van der Waals surface area contributed by atoms with E-state index in [1.807, 2.05) is 6.92 Å². The Balaban J connectivity index is 1.71. The molecule has 0 aromatic heterocycles. The summed E-state index contributed by atoms with van der Waals surface area (Å²) in [4.78, 5) is 12.4. The topological polar surface area (TPSA) is 37.3 Å². The van der Waals surface area contributed by atoms with Crippen LogP contribution in [0.4, 0.5) is 0 Å². The highest BCUT2D eigenvalue weighted by Gasteiger charge is 2.62. The molecule has 2 nitrogen and oxygen atoms in total. The van der Waals surface area contributed by atoms with Crippen molar-refractivity contribution in [2.75, 3.05) is 0 Å². The first kappa shape index (κ1) is 17.8. The van der Waals surface area contributed by atoms with Gasteiger partial charge in [-0.2, -0.15) is 0 Å². The number of hydrogen-bond donors (Lipinski definition) is 1. The molecule has 0 aromatic carbocycles. The number of ketones is 1. The van der Waals surface area contributed by atoms with E-state index in [-0.39, 0.29) is 22.9 Å². The number of hydrogen-bond acceptors (Lipinski definition) is 2. The van der Waals surface area contributed by atoms with Crippen LogP contribution in [0.15, 0.2) is 11.6 Å². The molecular weight excluding hydrogens is 308 g/mol. The zero-order valence-corrected chi connectivity index (χ0v) is 16.7. The maximum Gasteiger partial charge on any atom is 0.133 e. The molecule has 4 aliphatic carbocycles. The highest BCUT2D eigenvalue weighted by atomic mass is 16.3. The van der Waals surface area contributed by atoms with Crippen LogP contribution >= 0.6 is 0 Å². The van der Waals surface area contributed by atoms with Crippen molar-refractivity contribution in [1.82, 2.24) is 0 Å². The molecule has 25 heavy (non-hydrogen) atoms. The highest BCUT2D eigenvalue weighted by Crippen LogP contribution is 2.68. The average molecular weight is 345 g/mol. The predicted molar refractivity (Wildman–Crippen MR) is 101 cm³/mol. The van der Waals surface area contributed by atoms with Crippen LogP contribution in [0.3, 0.4) is 0 Å². The van der Waals surface area contributed by atoms with E-state index in [1.54, 1.807) is 0 Å². The van der Waals surface area contributed by atoms with Crippen LogP contribution in [0.25, 0.3) is 0 Å². The molecule has 3 fully saturated rings. The first-order valence-electron chi connectivity index (χ1n) is 10.6. The summed E-state index contributed by atoms with van der Waals surface area (Å²) in [6.45, 7) is 11.4. The average Bonchev–Trinajstić information content (AvgIpc) is 2.79. The summed E-state index contributed by atoms with van der Waals surface area (Å²) in [5.41, 5.74) is 2.02. The first-order chi connectivity index (χ1) is 11.7. The molecule has 0 bridgehead atoms. The Kier molecular flexibility index (Phi) is 4.04. The highest BCUT2D eigenvalue weighted by molar-refractivity contribution is 5.80. The van der Waals surface area contributed by atoms with E-state index in [1.165, 1.54) is 31.3 Å². The summed E-state index contributed by atoms with van der Waals surface area (Å²) >= 11 is 0. The van der Waals surface area contributed by atoms with Crippen LogP contribution < -0.4 is 0 Å². The lowest BCUT2D eigenvalue weighted by atomic mass is 9.45. The number of rotatable bonds is 1. The normalized spacial score (nSPS) is 55.0. The number of Topliss-reactive ketones (excluding diaryl/α,β-unsaturated/α-hetero) is 1. The minimum absolute atomic E-state index is 0.145. The third-order valence-corrected chi connectivity index (χ3v) is 9.42. The molecule has 0 aliphatic heterocycles. The molecule has 4 aliphatic rings. The monoisotopic (exact) mass is 344 g/mol. The van der Waals surface area contributed by atoms with Gasteiger partial charge >= 0.3 is 0 Å². The Morgan fingerprint density at radius 1 is 1.20 bits per heavy atom. The molecule has 140 valence electrons. The summed E-state index contributed by atoms with van der Waals surface area (Å²) in [6, 6.07) is 0. The summed E-state index contributed by atoms with van der Waals surface area (Å²) in [5.74, 6) is 3.95. The summed E-state index contributed by atoms with van der Waals surface area (Å²) < 4.78 is 0. The van der Waals surface area contributed by atoms with Crippen LogP contribution in [-0.2, 0) is 4.79 Å². The van der Waals surface area contributed by atoms with Crippen LogP contribution in [0, 0.1) is 46.3 Å². The molecule has 0 aromatic rings. The third kappa shape index (κ3) is 2.28. The second-order valence-corrected chi connectivity index (χ2v) is 10.5. The molecule has 4 rings (SSSR count). The number of allylic oxidation sites excluding steroid dienone is 1. The van der Waals surface area contributed by atoms with Crippen LogP contribution in [-0.4, -0.2) is 17.0 Å². The lowest BCUT2D eigenvalue weighted by Crippen LogP contribution is -2.53. The number of carbonyl (C=O) groups is 1. The van der Waals surface area contributed by atoms with Gasteiger partial charge < -0.3 is 5.11 Å². The van der Waals surface area contributed by atoms with Gasteiger partial charge in [0.15, 0.2) is 0 Å². The van der Waals surface area contributed by atoms with Gasteiger partial charge in [0.25, 0.3) is 0 Å². The van der Waals surface area contributed by atoms with Crippen LogP contribution in [0.1, 0.15) is 73.1 Å². The van der Waals surface area contributed by atoms with Crippen molar-refractivity contribution in [3.63, 3.8) is 0 Å². The van der Waals surface area contributed by atoms with Crippen molar-refractivity contribution in [2.45, 2.75) is 79.2 Å². The lowest BCUT2D eigenvalue weighted by Gasteiger charge is -2.59. The molecule has 9 atom stereocenters. The third-order valence-electron chi connectivity index (χ3n) is 9.42. The number of fused-ring (bicyclic) bond motifs is 5. The van der Waals surface area contributed by atoms with Gasteiger partial charge in [0, 0.05) is 5.92 Å². The Bertz CT molecular complexity index is 607. The summed E-state index contributed by atoms with van der Waals surface area (Å²) in [7, 11) is 0. The largest absolute Gasteiger partial charge is 0.393 e. The van der Waals surface area contributed by atoms with E-state index < -0.39 is 0 Å². The smallest absolute Gasteiger partial charge is 0.133 e. The van der Waals surface area contributed by atoms with Gasteiger partial charge in [-0.25, -0.2) is 0 Å². The van der Waals surface area contributed by atoms with E-state index in [9.17, 15) is 9.90 Å². The van der Waals surface area contributed by atoms with Crippen molar-refractivity contribution in [2.24, 2.45) is 46.3 Å². The SMILES string of the molecule is CC(=O)[C@H]1C(C)C[C@H]2[C@@H]3CC=C4C[C@@H](O)CC(C)[C@]4(C)[C@H]3CC[C@]12C. The fraction of sp³-hybridized carbons (Fsp3) is 0.870. The van der Waals surface area contributed by atoms with E-state index in [0.717, 1.165) is 24.7 Å². The predicted octanol–water partition coefficient (Wildman–Crippen LogP) is 5.01. The van der Waals surface area contributed by atoms with Crippen LogP contribution in [0.2, 0.25) is 0 Å². The molecule has 2 unspecified atom stereocenters. The quantitative estimate of drug-likeness (QED) is 0.679. The van der Waals surface area contributed by atoms with Crippen molar-refractivity contribution >= 4 is 5.78 Å². The second kappa shape index (κ2) is 5.68. The van der Waals surface area contributed by atoms with Crippen LogP contribution in [0.5, 0.6) is 0 Å². The van der Waals surface area contributed by atoms with Gasteiger partial charge in [0.05, 0.1) is 6.10 Å². The van der Waals surface area contributed by atoms with E-state index in [0.29, 0.717) is 23.5 Å². The summed E-state index contributed by atoms with van der Waals surface area (Å²) in [6.07, 6.45) is 9.08. The van der Waals surface area contributed by atoms with Gasteiger partial charge in [0.1, 0.15) is 5.78 Å². The molecule has 1 N–H and O–H groups in total. The summed E-state index contributed by atoms with van der Waals surface area (Å²) in [5, 5.41) is 10.3. The van der Waals surface area contributed by atoms with Crippen molar-refractivity contribution in [3.05, 3.63) is 11.6 Å². The Hall–Kier alpha value is -0.630. The molecule has 0 radical (unpaired) electrons. The first-order valence-corrected chi connectivity index (χ1v) is 10.6. The van der Waals surface area contributed by atoms with Gasteiger partial charge in [-0.05, 0) is 85.9 Å². The van der Waals surface area contributed by atoms with Gasteiger partial charge in [-0.15, -0.1) is 0 Å². The molecule has 2 heteroatoms. The van der Waals surface area contributed by atoms with E-state index in [4.69, 9.17) is 0 Å². The van der Waals surface area contributed by atoms with Gasteiger partial charge in [0.2, 0.25) is 0 Å². The fourth-order valence-corrected chi connectivity index (χ4v) is 8.30. The van der Waals surface area contributed by atoms with Gasteiger partial charge in [-0.3, -0.25) is 4.79 Å². The molecule has 3 saturated carbocycles. The van der Waals surface area contributed by atoms with E-state index >= 15 is 0 Å². The zero-order chi connectivity index (χ0) is 18.1. The minimum atomic E-state index is -0.145. The molecular formula is C23H36O2. The fourth-order valence-electron chi connectivity index (χ4n) is 8.30. The van der Waals surface area contributed by atoms with Crippen molar-refractivity contribution in [1.29, 1.82) is 0 Å². The standard InChI is InChI=1S/C23H36O2/c1-13-10-20-18-7-6-16-12-17(25)11-14(2)23(16,5)19(18)8-9-22(20,4)21(13)15(3)24/h6,13-14,17-21,25H,7-12H2,1-5H3/t13?,14?,17-,18+,19-,20-,21+,22-,23-/m0/s1. The van der Waals surface area contributed by atoms with Crippen molar-refractivity contribution in [3.8, 4) is 0 Å². The molecule has 0 heterocycles. The zero-order valence-electron chi connectivity index (χ0n) is 16.7. The maximum absolute atomic E-state index is 12.4. The second-order valence-electron chi connectivity index (χ2n) is 10.5. The van der Waals surface area contributed by atoms with E-state index in [2.05, 4.69) is 33.8 Å². The number of aliphatic hydroxyl groups is 1. The van der Waals surface area contributed by atoms with Crippen molar-refractivity contribution < 1.29 is 9.90 Å². The Morgan fingerprint density at radius 3 is 2.60 bits per heavy atom. The molecule has 0 saturated heterocycles.